The van der Waals surface area contributed by atoms with E-state index in [-0.39, 0.29) is 17.3 Å². The first-order valence-electron chi connectivity index (χ1n) is 6.29. The third-order valence-electron chi connectivity index (χ3n) is 4.32. The molecule has 2 heteroatoms. The summed E-state index contributed by atoms with van der Waals surface area (Å²) in [7, 11) is 1.49. The van der Waals surface area contributed by atoms with Gasteiger partial charge in [-0.15, -0.1) is 0 Å². The summed E-state index contributed by atoms with van der Waals surface area (Å²) in [5.41, 5.74) is 2.63. The maximum Gasteiger partial charge on any atom is 0.309 e. The Labute approximate surface area is 103 Å². The first-order chi connectivity index (χ1) is 8.13. The molecule has 1 aromatic rings. The molecule has 0 fully saturated rings. The molecule has 0 saturated heterocycles. The number of aryl methyl sites for hydroxylation is 1. The molecule has 2 nitrogen and oxygen atoms in total. The van der Waals surface area contributed by atoms with E-state index in [1.165, 1.54) is 18.2 Å². The Bertz CT molecular complexity index is 425. The highest BCUT2D eigenvalue weighted by Crippen LogP contribution is 2.44. The number of fused-ring (bicyclic) bond motifs is 1. The van der Waals surface area contributed by atoms with Gasteiger partial charge in [-0.25, -0.2) is 0 Å². The first kappa shape index (κ1) is 12.2. The zero-order valence-corrected chi connectivity index (χ0v) is 10.8. The minimum atomic E-state index is -0.0814. The molecule has 2 rings (SSSR count). The molecule has 2 unspecified atom stereocenters. The van der Waals surface area contributed by atoms with E-state index in [0.717, 1.165) is 19.3 Å². The van der Waals surface area contributed by atoms with Crippen LogP contribution >= 0.6 is 0 Å². The number of rotatable bonds is 2. The molecule has 1 aromatic carbocycles. The van der Waals surface area contributed by atoms with Gasteiger partial charge in [0.25, 0.3) is 0 Å². The molecule has 1 aliphatic carbocycles. The van der Waals surface area contributed by atoms with Crippen LogP contribution in [0.3, 0.4) is 0 Å². The van der Waals surface area contributed by atoms with Gasteiger partial charge in [-0.3, -0.25) is 4.79 Å². The number of carbonyl (C=O) groups excluding carboxylic acids is 1. The zero-order chi connectivity index (χ0) is 12.5. The van der Waals surface area contributed by atoms with Crippen molar-refractivity contribution in [1.29, 1.82) is 0 Å². The molecule has 0 bridgehead atoms. The molecule has 0 heterocycles. The van der Waals surface area contributed by atoms with E-state index in [1.807, 2.05) is 0 Å². The summed E-state index contributed by atoms with van der Waals surface area (Å²) in [5, 5.41) is 0. The molecular formula is C15H20O2. The fraction of sp³-hybridized carbons (Fsp3) is 0.533. The Hall–Kier alpha value is -1.31. The molecule has 0 saturated carbocycles. The van der Waals surface area contributed by atoms with E-state index in [1.54, 1.807) is 0 Å². The monoisotopic (exact) mass is 232 g/mol. The lowest BCUT2D eigenvalue weighted by atomic mass is 9.63. The van der Waals surface area contributed by atoms with E-state index in [4.69, 9.17) is 4.74 Å². The molecule has 2 atom stereocenters. The highest BCUT2D eigenvalue weighted by atomic mass is 16.5. The summed E-state index contributed by atoms with van der Waals surface area (Å²) in [6, 6.07) is 8.48. The van der Waals surface area contributed by atoms with Crippen molar-refractivity contribution in [3.8, 4) is 0 Å². The van der Waals surface area contributed by atoms with Crippen molar-refractivity contribution in [2.24, 2.45) is 5.92 Å². The second-order valence-corrected chi connectivity index (χ2v) is 5.04. The van der Waals surface area contributed by atoms with Gasteiger partial charge in [0.05, 0.1) is 13.0 Å². The van der Waals surface area contributed by atoms with Crippen LogP contribution in [0.4, 0.5) is 0 Å². The molecule has 0 aromatic heterocycles. The van der Waals surface area contributed by atoms with E-state index < -0.39 is 0 Å². The number of hydrogen-bond donors (Lipinski definition) is 0. The molecule has 0 amide bonds. The van der Waals surface area contributed by atoms with Crippen molar-refractivity contribution in [3.05, 3.63) is 35.4 Å². The smallest absolute Gasteiger partial charge is 0.309 e. The van der Waals surface area contributed by atoms with Gasteiger partial charge in [0.1, 0.15) is 0 Å². The van der Waals surface area contributed by atoms with Crippen LogP contribution in [-0.2, 0) is 21.4 Å². The highest BCUT2D eigenvalue weighted by molar-refractivity contribution is 5.75. The van der Waals surface area contributed by atoms with Gasteiger partial charge >= 0.3 is 5.97 Å². The largest absolute Gasteiger partial charge is 0.469 e. The lowest BCUT2D eigenvalue weighted by molar-refractivity contribution is -0.148. The Morgan fingerprint density at radius 3 is 2.82 bits per heavy atom. The van der Waals surface area contributed by atoms with Crippen LogP contribution in [0.15, 0.2) is 24.3 Å². The Morgan fingerprint density at radius 2 is 2.18 bits per heavy atom. The van der Waals surface area contributed by atoms with Crippen LogP contribution in [0.25, 0.3) is 0 Å². The average molecular weight is 232 g/mol. The van der Waals surface area contributed by atoms with Gasteiger partial charge in [0, 0.05) is 5.41 Å². The molecule has 0 aliphatic heterocycles. The average Bonchev–Trinajstić information content (AvgIpc) is 2.38. The summed E-state index contributed by atoms with van der Waals surface area (Å²) in [4.78, 5) is 11.9. The van der Waals surface area contributed by atoms with Crippen molar-refractivity contribution in [3.63, 3.8) is 0 Å². The topological polar surface area (TPSA) is 26.3 Å². The molecule has 0 N–H and O–H groups in total. The predicted octanol–water partition coefficient (Wildman–Crippen LogP) is 3.09. The Balaban J connectivity index is 2.47. The quantitative estimate of drug-likeness (QED) is 0.732. The summed E-state index contributed by atoms with van der Waals surface area (Å²) in [5.74, 6) is -0.0729. The van der Waals surface area contributed by atoms with Gasteiger partial charge < -0.3 is 4.74 Å². The summed E-state index contributed by atoms with van der Waals surface area (Å²) in [6.45, 7) is 4.34. The number of methoxy groups -OCH3 is 1. The maximum atomic E-state index is 11.9. The van der Waals surface area contributed by atoms with Crippen LogP contribution < -0.4 is 0 Å². The van der Waals surface area contributed by atoms with Crippen molar-refractivity contribution in [1.82, 2.24) is 0 Å². The molecule has 0 radical (unpaired) electrons. The van der Waals surface area contributed by atoms with Crippen molar-refractivity contribution in [2.45, 2.75) is 38.5 Å². The molecule has 0 spiro atoms. The van der Waals surface area contributed by atoms with E-state index >= 15 is 0 Å². The molecule has 92 valence electrons. The fourth-order valence-electron chi connectivity index (χ4n) is 3.06. The standard InChI is InChI=1S/C15H20O2/c1-4-15(2)12-8-6-5-7-11(12)9-10-13(15)14(16)17-3/h5-8,13H,4,9-10H2,1-3H3. The second kappa shape index (κ2) is 4.52. The third-order valence-corrected chi connectivity index (χ3v) is 4.32. The molecule has 1 aliphatic rings. The van der Waals surface area contributed by atoms with Gasteiger partial charge in [-0.1, -0.05) is 38.1 Å². The Morgan fingerprint density at radius 1 is 1.47 bits per heavy atom. The number of carbonyl (C=O) groups is 1. The minimum absolute atomic E-state index is 0.00704. The van der Waals surface area contributed by atoms with E-state index in [2.05, 4.69) is 38.1 Å². The van der Waals surface area contributed by atoms with Gasteiger partial charge in [-0.05, 0) is 30.4 Å². The van der Waals surface area contributed by atoms with Gasteiger partial charge in [-0.2, -0.15) is 0 Å². The summed E-state index contributed by atoms with van der Waals surface area (Å²) >= 11 is 0. The van der Waals surface area contributed by atoms with Crippen LogP contribution in [0.1, 0.15) is 37.8 Å². The van der Waals surface area contributed by atoms with Crippen LogP contribution in [-0.4, -0.2) is 13.1 Å². The molecule has 17 heavy (non-hydrogen) atoms. The predicted molar refractivity (Wildman–Crippen MR) is 67.9 cm³/mol. The van der Waals surface area contributed by atoms with E-state index in [0.29, 0.717) is 0 Å². The second-order valence-electron chi connectivity index (χ2n) is 5.04. The minimum Gasteiger partial charge on any atom is -0.469 e. The van der Waals surface area contributed by atoms with Crippen LogP contribution in [0, 0.1) is 5.92 Å². The number of esters is 1. The van der Waals surface area contributed by atoms with Crippen LogP contribution in [0.2, 0.25) is 0 Å². The zero-order valence-electron chi connectivity index (χ0n) is 10.8. The first-order valence-corrected chi connectivity index (χ1v) is 6.29. The van der Waals surface area contributed by atoms with Crippen LogP contribution in [0.5, 0.6) is 0 Å². The van der Waals surface area contributed by atoms with E-state index in [9.17, 15) is 4.79 Å². The number of benzene rings is 1. The van der Waals surface area contributed by atoms with Crippen molar-refractivity contribution < 1.29 is 9.53 Å². The summed E-state index contributed by atoms with van der Waals surface area (Å²) < 4.78 is 4.96. The highest BCUT2D eigenvalue weighted by Gasteiger charge is 2.43. The lowest BCUT2D eigenvalue weighted by Crippen LogP contribution is -2.41. The van der Waals surface area contributed by atoms with Crippen molar-refractivity contribution >= 4 is 5.97 Å². The van der Waals surface area contributed by atoms with Gasteiger partial charge in [0.2, 0.25) is 0 Å². The SMILES string of the molecule is CCC1(C)c2ccccc2CCC1C(=O)OC. The third kappa shape index (κ3) is 1.86. The van der Waals surface area contributed by atoms with Crippen molar-refractivity contribution in [2.75, 3.05) is 7.11 Å². The molecular weight excluding hydrogens is 212 g/mol. The Kier molecular flexibility index (Phi) is 3.23. The normalized spacial score (nSPS) is 27.4. The summed E-state index contributed by atoms with van der Waals surface area (Å²) in [6.07, 6.45) is 2.84. The number of ether oxygens (including phenoxy) is 1. The number of hydrogen-bond acceptors (Lipinski definition) is 2. The fourth-order valence-corrected chi connectivity index (χ4v) is 3.06. The maximum absolute atomic E-state index is 11.9. The lowest BCUT2D eigenvalue weighted by Gasteiger charge is -2.41. The van der Waals surface area contributed by atoms with Gasteiger partial charge in [0.15, 0.2) is 0 Å².